The molecule has 2 aromatic rings. The van der Waals surface area contributed by atoms with Crippen LogP contribution in [0, 0.1) is 6.92 Å². The highest BCUT2D eigenvalue weighted by Crippen LogP contribution is 2.37. The molecule has 1 amide bonds. The highest BCUT2D eigenvalue weighted by molar-refractivity contribution is 9.09. The highest BCUT2D eigenvalue weighted by Gasteiger charge is 2.44. The fourth-order valence-electron chi connectivity index (χ4n) is 2.59. The van der Waals surface area contributed by atoms with Crippen LogP contribution in [0.1, 0.15) is 27.5 Å². The first-order chi connectivity index (χ1) is 10.5. The van der Waals surface area contributed by atoms with Crippen LogP contribution in [-0.4, -0.2) is 24.0 Å². The van der Waals surface area contributed by atoms with Crippen LogP contribution in [0.4, 0.5) is 0 Å². The van der Waals surface area contributed by atoms with E-state index >= 15 is 0 Å². The molecule has 0 spiro atoms. The zero-order valence-electron chi connectivity index (χ0n) is 11.9. The van der Waals surface area contributed by atoms with Crippen LogP contribution in [0.25, 0.3) is 0 Å². The average Bonchev–Trinajstić information content (AvgIpc) is 2.71. The van der Waals surface area contributed by atoms with Gasteiger partial charge >= 0.3 is 0 Å². The summed E-state index contributed by atoms with van der Waals surface area (Å²) < 4.78 is 26.4. The molecule has 6 heteroatoms. The lowest BCUT2D eigenvalue weighted by molar-refractivity contribution is 0.0841. The number of sulfonamides is 1. The van der Waals surface area contributed by atoms with Gasteiger partial charge in [-0.05, 0) is 24.6 Å². The van der Waals surface area contributed by atoms with E-state index in [-0.39, 0.29) is 10.5 Å². The Balaban J connectivity index is 2.11. The van der Waals surface area contributed by atoms with Crippen LogP contribution >= 0.6 is 15.9 Å². The number of halogens is 1. The number of nitrogens with zero attached hydrogens (tertiary/aromatic N) is 1. The van der Waals surface area contributed by atoms with Gasteiger partial charge in [-0.2, -0.15) is 0 Å². The Morgan fingerprint density at radius 1 is 1.09 bits per heavy atom. The summed E-state index contributed by atoms with van der Waals surface area (Å²) in [6.07, 6.45) is 0. The number of rotatable bonds is 3. The molecule has 2 aromatic carbocycles. The quantitative estimate of drug-likeness (QED) is 0.768. The molecule has 0 saturated carbocycles. The van der Waals surface area contributed by atoms with Crippen LogP contribution in [0.5, 0.6) is 0 Å². The fraction of sp³-hybridized carbons (Fsp3) is 0.188. The highest BCUT2D eigenvalue weighted by atomic mass is 79.9. The number of benzene rings is 2. The first-order valence-electron chi connectivity index (χ1n) is 6.77. The van der Waals surface area contributed by atoms with E-state index in [0.717, 1.165) is 15.4 Å². The Bertz CT molecular complexity index is 831. The van der Waals surface area contributed by atoms with Gasteiger partial charge in [-0.15, -0.1) is 0 Å². The normalized spacial score (nSPS) is 17.4. The van der Waals surface area contributed by atoms with E-state index in [1.54, 1.807) is 18.2 Å². The molecule has 0 N–H and O–H groups in total. The zero-order valence-corrected chi connectivity index (χ0v) is 14.3. The summed E-state index contributed by atoms with van der Waals surface area (Å²) in [4.78, 5) is 12.7. The monoisotopic (exact) mass is 379 g/mol. The number of carbonyl (C=O) groups excluding carboxylic acids is 1. The molecule has 0 fully saturated rings. The molecule has 114 valence electrons. The Hall–Kier alpha value is -1.66. The number of hydrogen-bond acceptors (Lipinski definition) is 3. The second kappa shape index (κ2) is 5.52. The van der Waals surface area contributed by atoms with Gasteiger partial charge in [0.2, 0.25) is 0 Å². The largest absolute Gasteiger partial charge is 0.269 e. The van der Waals surface area contributed by atoms with Gasteiger partial charge in [-0.25, -0.2) is 12.7 Å². The molecule has 0 radical (unpaired) electrons. The molecule has 0 bridgehead atoms. The molecule has 1 heterocycles. The van der Waals surface area contributed by atoms with Crippen molar-refractivity contribution in [2.45, 2.75) is 17.9 Å². The Morgan fingerprint density at radius 2 is 1.73 bits per heavy atom. The van der Waals surface area contributed by atoms with Crippen molar-refractivity contribution >= 4 is 31.9 Å². The lowest BCUT2D eigenvalue weighted by Crippen LogP contribution is -2.35. The van der Waals surface area contributed by atoms with Crippen molar-refractivity contribution in [1.82, 2.24) is 4.31 Å². The van der Waals surface area contributed by atoms with Crippen molar-refractivity contribution < 1.29 is 13.2 Å². The molecular formula is C16H14BrNO3S. The summed E-state index contributed by atoms with van der Waals surface area (Å²) in [5, 5.41) is 0.342. The lowest BCUT2D eigenvalue weighted by atomic mass is 10.1. The summed E-state index contributed by atoms with van der Waals surface area (Å²) in [7, 11) is -3.81. The number of hydrogen-bond donors (Lipinski definition) is 0. The van der Waals surface area contributed by atoms with Crippen LogP contribution in [0.15, 0.2) is 53.4 Å². The maximum absolute atomic E-state index is 12.7. The van der Waals surface area contributed by atoms with Gasteiger partial charge in [-0.1, -0.05) is 57.9 Å². The molecule has 1 atom stereocenters. The van der Waals surface area contributed by atoms with Gasteiger partial charge in [0.25, 0.3) is 15.9 Å². The lowest BCUT2D eigenvalue weighted by Gasteiger charge is -2.25. The molecule has 0 aliphatic carbocycles. The smallest absolute Gasteiger partial charge is 0.268 e. The molecule has 1 aliphatic heterocycles. The van der Waals surface area contributed by atoms with Gasteiger partial charge in [-0.3, -0.25) is 4.79 Å². The number of carbonyl (C=O) groups is 1. The first-order valence-corrected chi connectivity index (χ1v) is 9.33. The average molecular weight is 380 g/mol. The van der Waals surface area contributed by atoms with E-state index in [0.29, 0.717) is 5.33 Å². The van der Waals surface area contributed by atoms with Gasteiger partial charge in [0.05, 0.1) is 11.6 Å². The first kappa shape index (κ1) is 15.2. The molecule has 22 heavy (non-hydrogen) atoms. The molecule has 4 nitrogen and oxygen atoms in total. The number of alkyl halides is 1. The van der Waals surface area contributed by atoms with Crippen molar-refractivity contribution in [3.8, 4) is 0 Å². The van der Waals surface area contributed by atoms with Crippen LogP contribution in [0.2, 0.25) is 0 Å². The maximum Gasteiger partial charge on any atom is 0.269 e. The van der Waals surface area contributed by atoms with Gasteiger partial charge in [0, 0.05) is 5.33 Å². The Labute approximate surface area is 137 Å². The third-order valence-corrected chi connectivity index (χ3v) is 6.21. The minimum absolute atomic E-state index is 0.0815. The van der Waals surface area contributed by atoms with E-state index in [2.05, 4.69) is 15.9 Å². The number of aryl methyl sites for hydroxylation is 1. The predicted octanol–water partition coefficient (Wildman–Crippen LogP) is 3.28. The Kier molecular flexibility index (Phi) is 3.82. The summed E-state index contributed by atoms with van der Waals surface area (Å²) in [6, 6.07) is 13.3. The molecule has 0 aromatic heterocycles. The van der Waals surface area contributed by atoms with Crippen molar-refractivity contribution in [1.29, 1.82) is 0 Å². The van der Waals surface area contributed by atoms with Crippen molar-refractivity contribution in [2.75, 3.05) is 5.33 Å². The minimum atomic E-state index is -3.81. The van der Waals surface area contributed by atoms with E-state index in [9.17, 15) is 13.2 Å². The zero-order chi connectivity index (χ0) is 15.9. The maximum atomic E-state index is 12.7. The summed E-state index contributed by atoms with van der Waals surface area (Å²) in [5.41, 5.74) is 2.10. The third-order valence-electron chi connectivity index (χ3n) is 3.75. The van der Waals surface area contributed by atoms with E-state index in [1.165, 1.54) is 6.07 Å². The third kappa shape index (κ3) is 2.27. The summed E-state index contributed by atoms with van der Waals surface area (Å²) in [6.45, 7) is 1.96. The van der Waals surface area contributed by atoms with Gasteiger partial charge in [0.1, 0.15) is 4.90 Å². The number of fused-ring (bicyclic) bond motifs is 1. The molecule has 3 rings (SSSR count). The van der Waals surface area contributed by atoms with Crippen molar-refractivity contribution in [3.63, 3.8) is 0 Å². The predicted molar refractivity (Wildman–Crippen MR) is 87.5 cm³/mol. The molecule has 0 unspecified atom stereocenters. The molecule has 1 aliphatic rings. The summed E-state index contributed by atoms with van der Waals surface area (Å²) in [5.74, 6) is -0.472. The van der Waals surface area contributed by atoms with Gasteiger partial charge < -0.3 is 0 Å². The molecule has 0 saturated heterocycles. The fourth-order valence-corrected chi connectivity index (χ4v) is 5.19. The Morgan fingerprint density at radius 3 is 2.32 bits per heavy atom. The topological polar surface area (TPSA) is 54.5 Å². The molecular weight excluding hydrogens is 366 g/mol. The van der Waals surface area contributed by atoms with E-state index < -0.39 is 22.0 Å². The van der Waals surface area contributed by atoms with E-state index in [1.807, 2.05) is 31.2 Å². The SMILES string of the molecule is Cc1ccc([C@@H](CBr)N2C(=O)c3ccccc3S2(=O)=O)cc1. The van der Waals surface area contributed by atoms with Crippen LogP contribution < -0.4 is 0 Å². The van der Waals surface area contributed by atoms with Gasteiger partial charge in [0.15, 0.2) is 0 Å². The van der Waals surface area contributed by atoms with E-state index in [4.69, 9.17) is 0 Å². The second-order valence-corrected chi connectivity index (χ2v) is 7.61. The van der Waals surface area contributed by atoms with Crippen LogP contribution in [0.3, 0.4) is 0 Å². The number of amides is 1. The standard InChI is InChI=1S/C16H14BrNO3S/c1-11-6-8-12(9-7-11)14(10-17)18-16(19)13-4-2-3-5-15(13)22(18,20)21/h2-9,14H,10H2,1H3/t14-/m1/s1. The second-order valence-electron chi connectivity index (χ2n) is 5.18. The van der Waals surface area contributed by atoms with Crippen molar-refractivity contribution in [2.24, 2.45) is 0 Å². The van der Waals surface area contributed by atoms with Crippen molar-refractivity contribution in [3.05, 3.63) is 65.2 Å². The minimum Gasteiger partial charge on any atom is -0.268 e. The summed E-state index contributed by atoms with van der Waals surface area (Å²) >= 11 is 3.35. The van der Waals surface area contributed by atoms with Crippen LogP contribution in [-0.2, 0) is 10.0 Å².